The number of rotatable bonds is 6. The highest BCUT2D eigenvalue weighted by Crippen LogP contribution is 2.33. The van der Waals surface area contributed by atoms with Crippen molar-refractivity contribution in [3.05, 3.63) is 66.5 Å². The van der Waals surface area contributed by atoms with E-state index in [4.69, 9.17) is 29.2 Å². The van der Waals surface area contributed by atoms with Crippen LogP contribution in [0.5, 0.6) is 5.75 Å². The Morgan fingerprint density at radius 2 is 1.74 bits per heavy atom. The lowest BCUT2D eigenvalue weighted by Crippen LogP contribution is -2.42. The Balaban J connectivity index is 1.30. The fourth-order valence-corrected chi connectivity index (χ4v) is 5.41. The molecule has 42 heavy (non-hydrogen) atoms. The van der Waals surface area contributed by atoms with Gasteiger partial charge in [0.05, 0.1) is 19.5 Å². The second-order valence-corrected chi connectivity index (χ2v) is 11.8. The summed E-state index contributed by atoms with van der Waals surface area (Å²) in [5, 5.41) is 0. The van der Waals surface area contributed by atoms with E-state index in [2.05, 4.69) is 21.6 Å². The number of carbonyl (C=O) groups excluding carboxylic acids is 1. The molecule has 1 amide bonds. The van der Waals surface area contributed by atoms with Gasteiger partial charge in [0.25, 0.3) is 0 Å². The lowest BCUT2D eigenvalue weighted by Gasteiger charge is -2.34. The minimum Gasteiger partial charge on any atom is -0.489 e. The third-order valence-corrected chi connectivity index (χ3v) is 7.57. The van der Waals surface area contributed by atoms with E-state index in [1.54, 1.807) is 4.90 Å². The monoisotopic (exact) mass is 570 g/mol. The maximum absolute atomic E-state index is 12.6. The summed E-state index contributed by atoms with van der Waals surface area (Å²) in [5.41, 5.74) is 3.85. The molecule has 0 aliphatic carbocycles. The van der Waals surface area contributed by atoms with Crippen molar-refractivity contribution in [2.24, 2.45) is 0 Å². The Labute approximate surface area is 246 Å². The minimum atomic E-state index is -0.512. The van der Waals surface area contributed by atoms with Gasteiger partial charge in [-0.3, -0.25) is 0 Å². The van der Waals surface area contributed by atoms with E-state index in [9.17, 15) is 4.79 Å². The number of hydrogen-bond donors (Lipinski definition) is 0. The van der Waals surface area contributed by atoms with Crippen LogP contribution < -0.4 is 9.64 Å². The van der Waals surface area contributed by atoms with Gasteiger partial charge in [0.2, 0.25) is 5.95 Å². The van der Waals surface area contributed by atoms with Crippen molar-refractivity contribution in [2.45, 2.75) is 51.9 Å². The molecule has 0 saturated carbocycles. The Bertz CT molecular complexity index is 1520. The molecule has 0 bridgehead atoms. The van der Waals surface area contributed by atoms with E-state index in [1.165, 1.54) is 0 Å². The predicted molar refractivity (Wildman–Crippen MR) is 161 cm³/mol. The molecular weight excluding hydrogens is 532 g/mol. The number of amides is 1. The number of hydrogen-bond acceptors (Lipinski definition) is 8. The molecule has 6 rings (SSSR count). The van der Waals surface area contributed by atoms with Crippen LogP contribution in [-0.2, 0) is 16.1 Å². The molecule has 0 unspecified atom stereocenters. The maximum Gasteiger partial charge on any atom is 0.410 e. The van der Waals surface area contributed by atoms with Crippen molar-refractivity contribution in [2.75, 3.05) is 44.3 Å². The van der Waals surface area contributed by atoms with Crippen molar-refractivity contribution in [1.82, 2.24) is 24.4 Å². The van der Waals surface area contributed by atoms with E-state index >= 15 is 0 Å². The highest BCUT2D eigenvalue weighted by atomic mass is 16.6. The van der Waals surface area contributed by atoms with Crippen LogP contribution in [-0.4, -0.2) is 75.5 Å². The Hall–Kier alpha value is -4.18. The third kappa shape index (κ3) is 6.33. The van der Waals surface area contributed by atoms with Gasteiger partial charge in [-0.15, -0.1) is 0 Å². The molecule has 4 aromatic rings. The lowest BCUT2D eigenvalue weighted by atomic mass is 10.1. The average molecular weight is 571 g/mol. The summed E-state index contributed by atoms with van der Waals surface area (Å²) in [6.45, 7) is 10.1. The van der Waals surface area contributed by atoms with Gasteiger partial charge in [-0.1, -0.05) is 42.5 Å². The Morgan fingerprint density at radius 1 is 0.976 bits per heavy atom. The summed E-state index contributed by atoms with van der Waals surface area (Å²) in [4.78, 5) is 31.5. The second kappa shape index (κ2) is 12.0. The molecule has 2 fully saturated rings. The number of likely N-dealkylation sites (tertiary alicyclic amines) is 1. The highest BCUT2D eigenvalue weighted by Gasteiger charge is 2.29. The molecule has 2 aromatic heterocycles. The minimum absolute atomic E-state index is 0.162. The fourth-order valence-electron chi connectivity index (χ4n) is 5.41. The molecule has 220 valence electrons. The van der Waals surface area contributed by atoms with Gasteiger partial charge in [0.1, 0.15) is 29.2 Å². The predicted octanol–water partition coefficient (Wildman–Crippen LogP) is 5.48. The maximum atomic E-state index is 12.6. The van der Waals surface area contributed by atoms with Crippen molar-refractivity contribution >= 4 is 23.2 Å². The summed E-state index contributed by atoms with van der Waals surface area (Å²) in [6.07, 6.45) is 3.19. The van der Waals surface area contributed by atoms with Crippen molar-refractivity contribution < 1.29 is 19.0 Å². The molecule has 10 heteroatoms. The van der Waals surface area contributed by atoms with Gasteiger partial charge < -0.3 is 28.6 Å². The van der Waals surface area contributed by atoms with Crippen LogP contribution in [0.4, 0.5) is 10.7 Å². The van der Waals surface area contributed by atoms with Gasteiger partial charge in [-0.25, -0.2) is 14.8 Å². The number of ether oxygens (including phenoxy) is 3. The van der Waals surface area contributed by atoms with E-state index < -0.39 is 5.60 Å². The summed E-state index contributed by atoms with van der Waals surface area (Å²) in [7, 11) is 0. The number of imidazole rings is 1. The van der Waals surface area contributed by atoms with Crippen LogP contribution in [0.3, 0.4) is 0 Å². The summed E-state index contributed by atoms with van der Waals surface area (Å²) < 4.78 is 19.5. The number of morpholine rings is 1. The zero-order valence-corrected chi connectivity index (χ0v) is 24.5. The zero-order chi connectivity index (χ0) is 29.1. The summed E-state index contributed by atoms with van der Waals surface area (Å²) in [6, 6.07) is 18.3. The molecule has 2 aliphatic heterocycles. The van der Waals surface area contributed by atoms with E-state index in [0.29, 0.717) is 38.9 Å². The molecule has 2 aromatic carbocycles. The van der Waals surface area contributed by atoms with Crippen LogP contribution in [0, 0.1) is 0 Å². The average Bonchev–Trinajstić information content (AvgIpc) is 3.44. The molecule has 2 saturated heterocycles. The van der Waals surface area contributed by atoms with E-state index in [0.717, 1.165) is 59.7 Å². The summed E-state index contributed by atoms with van der Waals surface area (Å²) in [5.74, 6) is 1.44. The molecule has 2 aliphatic rings. The quantitative estimate of drug-likeness (QED) is 0.301. The Kier molecular flexibility index (Phi) is 7.97. The topological polar surface area (TPSA) is 94.8 Å². The van der Waals surface area contributed by atoms with E-state index in [1.807, 2.05) is 69.6 Å². The molecule has 0 N–H and O–H groups in total. The standard InChI is InChI=1S/C32H38N6O4/c1-32(2,3)42-31(39)37-14-12-25(13-15-37)38-22-33-28-27(34-30(35-29(28)38)36-16-18-40-19-17-36)24-10-7-11-26(20-24)41-21-23-8-5-4-6-9-23/h4-11,20,22,25H,12-19,21H2,1-3H3. The molecule has 4 heterocycles. The molecule has 0 spiro atoms. The lowest BCUT2D eigenvalue weighted by molar-refractivity contribution is 0.0189. The molecule has 10 nitrogen and oxygen atoms in total. The van der Waals surface area contributed by atoms with Crippen LogP contribution in [0.1, 0.15) is 45.2 Å². The van der Waals surface area contributed by atoms with Gasteiger partial charge in [0.15, 0.2) is 5.65 Å². The fraction of sp³-hybridized carbons (Fsp3) is 0.438. The number of nitrogens with zero attached hydrogens (tertiary/aromatic N) is 6. The first kappa shape index (κ1) is 28.0. The van der Waals surface area contributed by atoms with Crippen molar-refractivity contribution in [3.63, 3.8) is 0 Å². The molecular formula is C32H38N6O4. The van der Waals surface area contributed by atoms with Gasteiger partial charge in [-0.2, -0.15) is 4.98 Å². The molecule has 0 radical (unpaired) electrons. The number of benzene rings is 2. The van der Waals surface area contributed by atoms with Crippen molar-refractivity contribution in [3.8, 4) is 17.0 Å². The Morgan fingerprint density at radius 3 is 2.48 bits per heavy atom. The van der Waals surface area contributed by atoms with Crippen LogP contribution in [0.15, 0.2) is 60.9 Å². The normalized spacial score (nSPS) is 16.5. The van der Waals surface area contributed by atoms with E-state index in [-0.39, 0.29) is 12.1 Å². The zero-order valence-electron chi connectivity index (χ0n) is 24.5. The molecule has 0 atom stereocenters. The first-order chi connectivity index (χ1) is 20.3. The number of anilines is 1. The first-order valence-corrected chi connectivity index (χ1v) is 14.7. The van der Waals surface area contributed by atoms with Gasteiger partial charge in [0, 0.05) is 37.8 Å². The SMILES string of the molecule is CC(C)(C)OC(=O)N1CCC(n2cnc3c(-c4cccc(OCc5ccccc5)c4)nc(N4CCOCC4)nc32)CC1. The smallest absolute Gasteiger partial charge is 0.410 e. The number of piperidine rings is 1. The van der Waals surface area contributed by atoms with Gasteiger partial charge in [-0.05, 0) is 51.3 Å². The third-order valence-electron chi connectivity index (χ3n) is 7.57. The van der Waals surface area contributed by atoms with Gasteiger partial charge >= 0.3 is 6.09 Å². The summed E-state index contributed by atoms with van der Waals surface area (Å²) >= 11 is 0. The second-order valence-electron chi connectivity index (χ2n) is 11.8. The van der Waals surface area contributed by atoms with Crippen molar-refractivity contribution in [1.29, 1.82) is 0 Å². The highest BCUT2D eigenvalue weighted by molar-refractivity contribution is 5.89. The number of fused-ring (bicyclic) bond motifs is 1. The largest absolute Gasteiger partial charge is 0.489 e. The van der Waals surface area contributed by atoms with Crippen LogP contribution >= 0.6 is 0 Å². The van der Waals surface area contributed by atoms with Crippen LogP contribution in [0.25, 0.3) is 22.4 Å². The number of aromatic nitrogens is 4. The van der Waals surface area contributed by atoms with Crippen LogP contribution in [0.2, 0.25) is 0 Å². The number of carbonyl (C=O) groups is 1. The first-order valence-electron chi connectivity index (χ1n) is 14.7.